The molecule has 1 aliphatic heterocycles. The fourth-order valence-corrected chi connectivity index (χ4v) is 2.44. The lowest BCUT2D eigenvalue weighted by atomic mass is 9.97. The zero-order valence-corrected chi connectivity index (χ0v) is 11.6. The maximum atomic E-state index is 12.8. The molecule has 0 aromatic heterocycles. The molecule has 1 fully saturated rings. The van der Waals surface area contributed by atoms with Gasteiger partial charge in [0.1, 0.15) is 18.0 Å². The fourth-order valence-electron chi connectivity index (χ4n) is 2.44. The monoisotopic (exact) mass is 280 g/mol. The van der Waals surface area contributed by atoms with Crippen molar-refractivity contribution in [2.45, 2.75) is 31.9 Å². The van der Waals surface area contributed by atoms with E-state index in [0.29, 0.717) is 24.6 Å². The van der Waals surface area contributed by atoms with Crippen LogP contribution in [0.15, 0.2) is 24.3 Å². The molecule has 3 N–H and O–H groups in total. The number of nitrogens with zero attached hydrogens (tertiary/aromatic N) is 1. The van der Waals surface area contributed by atoms with Crippen molar-refractivity contribution in [2.24, 2.45) is 11.7 Å². The number of rotatable bonds is 3. The molecule has 20 heavy (non-hydrogen) atoms. The standard InChI is InChI=1S/C15H21FN2O2/c1-10-6-8-18(9-7-10)15(20)13(17)14(19)11-2-4-12(16)5-3-11/h2-5,10,13-14,19H,6-9,17H2,1H3/t13-,14+/m1/s1. The maximum Gasteiger partial charge on any atom is 0.242 e. The predicted molar refractivity (Wildman–Crippen MR) is 74.3 cm³/mol. The number of carbonyl (C=O) groups is 1. The molecule has 1 aromatic rings. The number of hydrogen-bond donors (Lipinski definition) is 2. The highest BCUT2D eigenvalue weighted by Gasteiger charge is 2.30. The molecule has 1 aliphatic rings. The van der Waals surface area contributed by atoms with Gasteiger partial charge in [-0.1, -0.05) is 19.1 Å². The van der Waals surface area contributed by atoms with Gasteiger partial charge in [0.05, 0.1) is 0 Å². The van der Waals surface area contributed by atoms with E-state index in [1.807, 2.05) is 0 Å². The van der Waals surface area contributed by atoms with Crippen LogP contribution in [0.1, 0.15) is 31.4 Å². The first kappa shape index (κ1) is 14.9. The van der Waals surface area contributed by atoms with Crippen molar-refractivity contribution in [2.75, 3.05) is 13.1 Å². The number of piperidine rings is 1. The second-order valence-corrected chi connectivity index (χ2v) is 5.53. The van der Waals surface area contributed by atoms with Crippen LogP contribution in [0.25, 0.3) is 0 Å². The Kier molecular flexibility index (Phi) is 4.73. The van der Waals surface area contributed by atoms with Gasteiger partial charge in [0.25, 0.3) is 0 Å². The molecule has 0 saturated carbocycles. The Bertz CT molecular complexity index is 455. The zero-order chi connectivity index (χ0) is 14.7. The molecule has 1 aromatic carbocycles. The molecule has 1 heterocycles. The van der Waals surface area contributed by atoms with Gasteiger partial charge in [-0.2, -0.15) is 0 Å². The Labute approximate surface area is 118 Å². The van der Waals surface area contributed by atoms with Crippen molar-refractivity contribution in [1.29, 1.82) is 0 Å². The Balaban J connectivity index is 2.00. The van der Waals surface area contributed by atoms with Crippen molar-refractivity contribution in [3.8, 4) is 0 Å². The second-order valence-electron chi connectivity index (χ2n) is 5.53. The molecule has 2 atom stereocenters. The lowest BCUT2D eigenvalue weighted by Crippen LogP contribution is -2.49. The minimum absolute atomic E-state index is 0.242. The van der Waals surface area contributed by atoms with Crippen LogP contribution in [0, 0.1) is 11.7 Å². The molecular formula is C15H21FN2O2. The average Bonchev–Trinajstić information content (AvgIpc) is 2.46. The van der Waals surface area contributed by atoms with E-state index in [4.69, 9.17) is 5.73 Å². The van der Waals surface area contributed by atoms with E-state index in [9.17, 15) is 14.3 Å². The molecule has 4 nitrogen and oxygen atoms in total. The minimum Gasteiger partial charge on any atom is -0.386 e. The van der Waals surface area contributed by atoms with Gasteiger partial charge in [0.2, 0.25) is 5.91 Å². The number of carbonyl (C=O) groups excluding carboxylic acids is 1. The summed E-state index contributed by atoms with van der Waals surface area (Å²) in [4.78, 5) is 14.0. The van der Waals surface area contributed by atoms with Crippen molar-refractivity contribution >= 4 is 5.91 Å². The van der Waals surface area contributed by atoms with Crippen LogP contribution in [0.2, 0.25) is 0 Å². The number of likely N-dealkylation sites (tertiary alicyclic amines) is 1. The smallest absolute Gasteiger partial charge is 0.242 e. The topological polar surface area (TPSA) is 66.6 Å². The quantitative estimate of drug-likeness (QED) is 0.880. The van der Waals surface area contributed by atoms with E-state index in [-0.39, 0.29) is 11.7 Å². The van der Waals surface area contributed by atoms with Gasteiger partial charge in [-0.15, -0.1) is 0 Å². The summed E-state index contributed by atoms with van der Waals surface area (Å²) in [6.45, 7) is 3.53. The summed E-state index contributed by atoms with van der Waals surface area (Å²) in [6.07, 6.45) is 0.818. The highest BCUT2D eigenvalue weighted by molar-refractivity contribution is 5.82. The van der Waals surface area contributed by atoms with Gasteiger partial charge >= 0.3 is 0 Å². The number of benzene rings is 1. The third kappa shape index (κ3) is 3.35. The first-order valence-corrected chi connectivity index (χ1v) is 6.97. The molecule has 0 radical (unpaired) electrons. The Morgan fingerprint density at radius 3 is 2.45 bits per heavy atom. The van der Waals surface area contributed by atoms with Crippen molar-refractivity contribution in [3.63, 3.8) is 0 Å². The number of nitrogens with two attached hydrogens (primary N) is 1. The molecule has 5 heteroatoms. The highest BCUT2D eigenvalue weighted by Crippen LogP contribution is 2.21. The van der Waals surface area contributed by atoms with Gasteiger partial charge in [-0.25, -0.2) is 4.39 Å². The van der Waals surface area contributed by atoms with Gasteiger partial charge in [-0.05, 0) is 36.5 Å². The summed E-state index contributed by atoms with van der Waals surface area (Å²) < 4.78 is 12.8. The Hall–Kier alpha value is -1.46. The summed E-state index contributed by atoms with van der Waals surface area (Å²) >= 11 is 0. The van der Waals surface area contributed by atoms with Crippen LogP contribution in [-0.2, 0) is 4.79 Å². The molecule has 0 spiro atoms. The summed E-state index contributed by atoms with van der Waals surface area (Å²) in [6, 6.07) is 4.39. The number of aliphatic hydroxyl groups is 1. The first-order valence-electron chi connectivity index (χ1n) is 6.97. The zero-order valence-electron chi connectivity index (χ0n) is 11.6. The third-order valence-electron chi connectivity index (χ3n) is 3.93. The van der Waals surface area contributed by atoms with Crippen LogP contribution in [-0.4, -0.2) is 35.0 Å². The lowest BCUT2D eigenvalue weighted by molar-refractivity contribution is -0.136. The molecular weight excluding hydrogens is 259 g/mol. The van der Waals surface area contributed by atoms with Gasteiger partial charge in [0.15, 0.2) is 0 Å². The van der Waals surface area contributed by atoms with E-state index in [1.54, 1.807) is 4.90 Å². The normalized spacial score (nSPS) is 19.7. The Morgan fingerprint density at radius 2 is 1.90 bits per heavy atom. The largest absolute Gasteiger partial charge is 0.386 e. The summed E-state index contributed by atoms with van der Waals surface area (Å²) in [7, 11) is 0. The SMILES string of the molecule is CC1CCN(C(=O)[C@H](N)[C@@H](O)c2ccc(F)cc2)CC1. The summed E-state index contributed by atoms with van der Waals surface area (Å²) in [5, 5.41) is 10.1. The maximum absolute atomic E-state index is 12.8. The lowest BCUT2D eigenvalue weighted by Gasteiger charge is -2.33. The molecule has 0 aliphatic carbocycles. The molecule has 1 amide bonds. The van der Waals surface area contributed by atoms with E-state index in [2.05, 4.69) is 6.92 Å². The molecule has 2 rings (SSSR count). The van der Waals surface area contributed by atoms with Crippen LogP contribution in [0.4, 0.5) is 4.39 Å². The fraction of sp³-hybridized carbons (Fsp3) is 0.533. The van der Waals surface area contributed by atoms with E-state index >= 15 is 0 Å². The number of halogens is 1. The predicted octanol–water partition coefficient (Wildman–Crippen LogP) is 1.44. The van der Waals surface area contributed by atoms with Crippen LogP contribution < -0.4 is 5.73 Å². The van der Waals surface area contributed by atoms with Gasteiger partial charge < -0.3 is 15.7 Å². The van der Waals surface area contributed by atoms with Crippen molar-refractivity contribution in [1.82, 2.24) is 4.90 Å². The minimum atomic E-state index is -1.11. The third-order valence-corrected chi connectivity index (χ3v) is 3.93. The number of amides is 1. The van der Waals surface area contributed by atoms with E-state index < -0.39 is 12.1 Å². The molecule has 110 valence electrons. The Morgan fingerprint density at radius 1 is 1.35 bits per heavy atom. The van der Waals surface area contributed by atoms with Crippen molar-refractivity contribution in [3.05, 3.63) is 35.6 Å². The number of hydrogen-bond acceptors (Lipinski definition) is 3. The van der Waals surface area contributed by atoms with E-state index in [1.165, 1.54) is 24.3 Å². The average molecular weight is 280 g/mol. The second kappa shape index (κ2) is 6.33. The van der Waals surface area contributed by atoms with Gasteiger partial charge in [-0.3, -0.25) is 4.79 Å². The van der Waals surface area contributed by atoms with Crippen LogP contribution in [0.3, 0.4) is 0 Å². The van der Waals surface area contributed by atoms with Gasteiger partial charge in [0, 0.05) is 13.1 Å². The molecule has 0 bridgehead atoms. The summed E-state index contributed by atoms with van der Waals surface area (Å²) in [5.74, 6) is -0.00288. The first-order chi connectivity index (χ1) is 9.49. The van der Waals surface area contributed by atoms with Crippen LogP contribution in [0.5, 0.6) is 0 Å². The highest BCUT2D eigenvalue weighted by atomic mass is 19.1. The van der Waals surface area contributed by atoms with Crippen LogP contribution >= 0.6 is 0 Å². The number of aliphatic hydroxyl groups excluding tert-OH is 1. The van der Waals surface area contributed by atoms with E-state index in [0.717, 1.165) is 12.8 Å². The van der Waals surface area contributed by atoms with Crippen molar-refractivity contribution < 1.29 is 14.3 Å². The molecule has 1 saturated heterocycles. The summed E-state index contributed by atoms with van der Waals surface area (Å²) in [5.41, 5.74) is 6.32. The molecule has 0 unspecified atom stereocenters.